The zero-order valence-corrected chi connectivity index (χ0v) is 14.3. The van der Waals surface area contributed by atoms with Gasteiger partial charge < -0.3 is 14.4 Å². The molecule has 3 rings (SSSR count). The van der Waals surface area contributed by atoms with Gasteiger partial charge in [-0.15, -0.1) is 0 Å². The summed E-state index contributed by atoms with van der Waals surface area (Å²) >= 11 is 0. The molecule has 2 atom stereocenters. The Bertz CT molecular complexity index is 931. The second-order valence-electron chi connectivity index (χ2n) is 6.89. The van der Waals surface area contributed by atoms with E-state index in [0.29, 0.717) is 17.4 Å². The third kappa shape index (κ3) is 3.54. The summed E-state index contributed by atoms with van der Waals surface area (Å²) in [6, 6.07) is 0. The number of aryl methyl sites for hydroxylation is 1. The molecule has 2 aromatic heterocycles. The van der Waals surface area contributed by atoms with Crippen molar-refractivity contribution >= 4 is 11.2 Å². The lowest BCUT2D eigenvalue weighted by Crippen LogP contribution is -2.46. The van der Waals surface area contributed by atoms with Crippen molar-refractivity contribution in [1.82, 2.24) is 18.7 Å². The average molecular weight is 376 g/mol. The van der Waals surface area contributed by atoms with Gasteiger partial charge in [-0.25, -0.2) is 9.78 Å². The number of ether oxygens (including phenoxy) is 1. The normalized spacial score (nSPS) is 24.3. The largest absolute Gasteiger partial charge is 0.406 e. The van der Waals surface area contributed by atoms with Crippen molar-refractivity contribution in [2.75, 3.05) is 6.61 Å². The second-order valence-corrected chi connectivity index (χ2v) is 6.89. The van der Waals surface area contributed by atoms with Crippen LogP contribution in [-0.4, -0.2) is 48.3 Å². The summed E-state index contributed by atoms with van der Waals surface area (Å²) in [5, 5.41) is 9.89. The van der Waals surface area contributed by atoms with Crippen LogP contribution in [0.4, 0.5) is 13.2 Å². The van der Waals surface area contributed by atoms with Gasteiger partial charge in [-0.1, -0.05) is 0 Å². The minimum Gasteiger partial charge on any atom is -0.388 e. The number of rotatable bonds is 3. The van der Waals surface area contributed by atoms with Gasteiger partial charge >= 0.3 is 11.9 Å². The van der Waals surface area contributed by atoms with Crippen LogP contribution in [0.3, 0.4) is 0 Å². The van der Waals surface area contributed by atoms with Crippen molar-refractivity contribution in [3.05, 3.63) is 27.2 Å². The fourth-order valence-corrected chi connectivity index (χ4v) is 3.07. The molecule has 26 heavy (non-hydrogen) atoms. The van der Waals surface area contributed by atoms with E-state index >= 15 is 0 Å². The summed E-state index contributed by atoms with van der Waals surface area (Å²) in [5.74, 6) is 0. The molecule has 0 aliphatic carbocycles. The second kappa shape index (κ2) is 6.23. The molecule has 1 aliphatic rings. The molecule has 0 spiro atoms. The monoisotopic (exact) mass is 376 g/mol. The number of hydrogen-bond acceptors (Lipinski definition) is 5. The quantitative estimate of drug-likeness (QED) is 0.837. The highest BCUT2D eigenvalue weighted by Crippen LogP contribution is 2.23. The van der Waals surface area contributed by atoms with E-state index < -0.39 is 35.7 Å². The van der Waals surface area contributed by atoms with E-state index in [-0.39, 0.29) is 24.3 Å². The number of alkyl halides is 3. The highest BCUT2D eigenvalue weighted by molar-refractivity contribution is 5.69. The summed E-state index contributed by atoms with van der Waals surface area (Å²) in [6.07, 6.45) is -3.27. The standard InChI is InChI=1S/C15H19F3N4O4/c1-14(25)4-3-9(26-7-14)5-22-12(23)10-11(20(2)13(22)24)19-8-21(10)6-15(16,17)18/h8-9,25H,3-7H2,1-2H3. The van der Waals surface area contributed by atoms with Crippen LogP contribution < -0.4 is 11.2 Å². The Morgan fingerprint density at radius 1 is 1.42 bits per heavy atom. The van der Waals surface area contributed by atoms with Crippen molar-refractivity contribution in [1.29, 1.82) is 0 Å². The number of fused-ring (bicyclic) bond motifs is 1. The summed E-state index contributed by atoms with van der Waals surface area (Å²) in [4.78, 5) is 28.9. The van der Waals surface area contributed by atoms with Gasteiger partial charge in [0, 0.05) is 7.05 Å². The lowest BCUT2D eigenvalue weighted by molar-refractivity contribution is -0.140. The molecule has 0 aromatic carbocycles. The molecule has 11 heteroatoms. The maximum atomic E-state index is 12.7. The van der Waals surface area contributed by atoms with Gasteiger partial charge in [-0.05, 0) is 19.8 Å². The maximum Gasteiger partial charge on any atom is 0.406 e. The van der Waals surface area contributed by atoms with Gasteiger partial charge in [0.25, 0.3) is 5.56 Å². The van der Waals surface area contributed by atoms with Crippen LogP contribution in [0.15, 0.2) is 15.9 Å². The summed E-state index contributed by atoms with van der Waals surface area (Å²) in [7, 11) is 1.35. The average Bonchev–Trinajstić information content (AvgIpc) is 2.93. The Balaban J connectivity index is 2.02. The van der Waals surface area contributed by atoms with Crippen molar-refractivity contribution < 1.29 is 23.0 Å². The van der Waals surface area contributed by atoms with Gasteiger partial charge in [0.1, 0.15) is 6.54 Å². The van der Waals surface area contributed by atoms with E-state index in [1.165, 1.54) is 7.05 Å². The minimum atomic E-state index is -4.53. The van der Waals surface area contributed by atoms with E-state index in [4.69, 9.17) is 4.74 Å². The summed E-state index contributed by atoms with van der Waals surface area (Å²) in [5.41, 5.74) is -2.88. The number of aromatic nitrogens is 4. The molecule has 1 fully saturated rings. The van der Waals surface area contributed by atoms with Gasteiger partial charge in [0.2, 0.25) is 0 Å². The first-order valence-electron chi connectivity index (χ1n) is 8.04. The molecule has 0 amide bonds. The Kier molecular flexibility index (Phi) is 4.47. The molecular weight excluding hydrogens is 357 g/mol. The van der Waals surface area contributed by atoms with Gasteiger partial charge in [0.15, 0.2) is 11.2 Å². The zero-order chi connectivity index (χ0) is 19.3. The van der Waals surface area contributed by atoms with Crippen LogP contribution in [0.2, 0.25) is 0 Å². The van der Waals surface area contributed by atoms with Crippen LogP contribution in [0.5, 0.6) is 0 Å². The van der Waals surface area contributed by atoms with Crippen molar-refractivity contribution in [2.45, 2.75) is 50.7 Å². The number of halogens is 3. The topological polar surface area (TPSA) is 91.3 Å². The minimum absolute atomic E-state index is 0.0565. The predicted molar refractivity (Wildman–Crippen MR) is 84.9 cm³/mol. The number of imidazole rings is 1. The van der Waals surface area contributed by atoms with E-state index in [9.17, 15) is 27.9 Å². The SMILES string of the molecule is Cn1c(=O)n(CC2CCC(C)(O)CO2)c(=O)c2c1ncn2CC(F)(F)F. The molecule has 144 valence electrons. The van der Waals surface area contributed by atoms with Crippen LogP contribution >= 0.6 is 0 Å². The van der Waals surface area contributed by atoms with E-state index in [2.05, 4.69) is 4.98 Å². The zero-order valence-electron chi connectivity index (χ0n) is 14.3. The molecular formula is C15H19F3N4O4. The Labute approximate surface area is 145 Å². The Morgan fingerprint density at radius 3 is 2.69 bits per heavy atom. The smallest absolute Gasteiger partial charge is 0.388 e. The third-order valence-corrected chi connectivity index (χ3v) is 4.47. The van der Waals surface area contributed by atoms with Crippen LogP contribution in [0.25, 0.3) is 11.2 Å². The third-order valence-electron chi connectivity index (χ3n) is 4.47. The molecule has 1 aliphatic heterocycles. The Morgan fingerprint density at radius 2 is 2.12 bits per heavy atom. The van der Waals surface area contributed by atoms with Crippen molar-refractivity contribution in [3.63, 3.8) is 0 Å². The predicted octanol–water partition coefficient (Wildman–Crippen LogP) is 0.389. The van der Waals surface area contributed by atoms with Crippen molar-refractivity contribution in [2.24, 2.45) is 7.05 Å². The fraction of sp³-hybridized carbons (Fsp3) is 0.667. The van der Waals surface area contributed by atoms with Crippen LogP contribution in [0.1, 0.15) is 19.8 Å². The molecule has 1 saturated heterocycles. The molecule has 2 aromatic rings. The van der Waals surface area contributed by atoms with Crippen molar-refractivity contribution in [3.8, 4) is 0 Å². The summed E-state index contributed by atoms with van der Waals surface area (Å²) in [6.45, 7) is 0.200. The van der Waals surface area contributed by atoms with Gasteiger partial charge in [-0.3, -0.25) is 13.9 Å². The van der Waals surface area contributed by atoms with E-state index in [1.54, 1.807) is 6.92 Å². The number of aliphatic hydroxyl groups is 1. The van der Waals surface area contributed by atoms with Crippen LogP contribution in [0, 0.1) is 0 Å². The number of hydrogen-bond donors (Lipinski definition) is 1. The highest BCUT2D eigenvalue weighted by Gasteiger charge is 2.32. The molecule has 2 unspecified atom stereocenters. The first kappa shape index (κ1) is 18.6. The lowest BCUT2D eigenvalue weighted by Gasteiger charge is -2.33. The highest BCUT2D eigenvalue weighted by atomic mass is 19.4. The molecule has 8 nitrogen and oxygen atoms in total. The van der Waals surface area contributed by atoms with Gasteiger partial charge in [-0.2, -0.15) is 13.2 Å². The molecule has 0 saturated carbocycles. The van der Waals surface area contributed by atoms with E-state index in [1.807, 2.05) is 0 Å². The molecule has 1 N–H and O–H groups in total. The number of nitrogens with zero attached hydrogens (tertiary/aromatic N) is 4. The molecule has 0 bridgehead atoms. The molecule has 3 heterocycles. The van der Waals surface area contributed by atoms with Crippen LogP contribution in [-0.2, 0) is 24.9 Å². The maximum absolute atomic E-state index is 12.7. The fourth-order valence-electron chi connectivity index (χ4n) is 3.07. The van der Waals surface area contributed by atoms with E-state index in [0.717, 1.165) is 15.5 Å². The lowest BCUT2D eigenvalue weighted by atomic mass is 9.96. The first-order valence-corrected chi connectivity index (χ1v) is 8.04. The Hall–Kier alpha value is -2.14. The first-order chi connectivity index (χ1) is 12.0. The molecule has 0 radical (unpaired) electrons. The van der Waals surface area contributed by atoms with Gasteiger partial charge in [0.05, 0.1) is 31.2 Å². The summed E-state index contributed by atoms with van der Waals surface area (Å²) < 4.78 is 46.3.